The number of ether oxygens (including phenoxy) is 2. The maximum absolute atomic E-state index is 14.0. The van der Waals surface area contributed by atoms with Crippen molar-refractivity contribution in [3.63, 3.8) is 0 Å². The van der Waals surface area contributed by atoms with E-state index in [1.54, 1.807) is 4.90 Å². The fourth-order valence-electron chi connectivity index (χ4n) is 3.57. The Hall–Kier alpha value is -2.63. The van der Waals surface area contributed by atoms with Crippen molar-refractivity contribution >= 4 is 5.91 Å². The lowest BCUT2D eigenvalue weighted by Crippen LogP contribution is -2.39. The third-order valence-corrected chi connectivity index (χ3v) is 4.97. The molecule has 2 aliphatic rings. The van der Waals surface area contributed by atoms with Crippen molar-refractivity contribution in [1.29, 1.82) is 0 Å². The minimum Gasteiger partial charge on any atom is -0.490 e. The second kappa shape index (κ2) is 6.59. The van der Waals surface area contributed by atoms with Crippen LogP contribution in [0, 0.1) is 11.6 Å². The number of carbonyl (C=O) groups excluding carboxylic acids is 1. The lowest BCUT2D eigenvalue weighted by molar-refractivity contribution is 0.0672. The van der Waals surface area contributed by atoms with Crippen LogP contribution in [0.25, 0.3) is 0 Å². The van der Waals surface area contributed by atoms with E-state index in [9.17, 15) is 13.6 Å². The molecule has 26 heavy (non-hydrogen) atoms. The summed E-state index contributed by atoms with van der Waals surface area (Å²) in [5, 5.41) is 0. The van der Waals surface area contributed by atoms with E-state index < -0.39 is 17.5 Å². The van der Waals surface area contributed by atoms with Crippen LogP contribution in [0.5, 0.6) is 11.5 Å². The standard InChI is InChI=1S/C20H19F2NO3/c1-12-16-11-19-18(25-7-2-8-26-19)9-13(16)5-6-23(12)20(24)15-4-3-14(21)10-17(15)22/h3-4,9-12H,2,5-8H2,1H3. The van der Waals surface area contributed by atoms with Crippen molar-refractivity contribution in [2.45, 2.75) is 25.8 Å². The summed E-state index contributed by atoms with van der Waals surface area (Å²) in [6.07, 6.45) is 1.47. The molecule has 136 valence electrons. The van der Waals surface area contributed by atoms with Crippen molar-refractivity contribution in [1.82, 2.24) is 4.90 Å². The van der Waals surface area contributed by atoms with E-state index in [1.807, 2.05) is 19.1 Å². The van der Waals surface area contributed by atoms with Gasteiger partial charge in [-0.25, -0.2) is 8.78 Å². The molecular weight excluding hydrogens is 340 g/mol. The zero-order valence-corrected chi connectivity index (χ0v) is 14.4. The van der Waals surface area contributed by atoms with E-state index in [4.69, 9.17) is 9.47 Å². The second-order valence-electron chi connectivity index (χ2n) is 6.60. The summed E-state index contributed by atoms with van der Waals surface area (Å²) in [5.41, 5.74) is 1.96. The highest BCUT2D eigenvalue weighted by molar-refractivity contribution is 5.95. The van der Waals surface area contributed by atoms with Crippen molar-refractivity contribution in [2.75, 3.05) is 19.8 Å². The molecule has 2 aliphatic heterocycles. The predicted octanol–water partition coefficient (Wildman–Crippen LogP) is 3.89. The summed E-state index contributed by atoms with van der Waals surface area (Å²) >= 11 is 0. The first-order valence-electron chi connectivity index (χ1n) is 8.73. The summed E-state index contributed by atoms with van der Waals surface area (Å²) in [6, 6.07) is 6.69. The van der Waals surface area contributed by atoms with Gasteiger partial charge in [0.2, 0.25) is 0 Å². The molecule has 2 aromatic rings. The number of rotatable bonds is 1. The van der Waals surface area contributed by atoms with Crippen molar-refractivity contribution < 1.29 is 23.0 Å². The molecule has 4 nitrogen and oxygen atoms in total. The first-order valence-corrected chi connectivity index (χ1v) is 8.73. The Morgan fingerprint density at radius 1 is 1.12 bits per heavy atom. The van der Waals surface area contributed by atoms with Gasteiger partial charge in [0.05, 0.1) is 24.8 Å². The highest BCUT2D eigenvalue weighted by atomic mass is 19.1. The van der Waals surface area contributed by atoms with E-state index in [-0.39, 0.29) is 11.6 Å². The average Bonchev–Trinajstić information content (AvgIpc) is 2.85. The minimum absolute atomic E-state index is 0.115. The minimum atomic E-state index is -0.841. The summed E-state index contributed by atoms with van der Waals surface area (Å²) in [4.78, 5) is 14.4. The maximum Gasteiger partial charge on any atom is 0.257 e. The molecule has 0 aromatic heterocycles. The number of nitrogens with zero attached hydrogens (tertiary/aromatic N) is 1. The molecule has 2 heterocycles. The van der Waals surface area contributed by atoms with Crippen molar-refractivity contribution in [3.8, 4) is 11.5 Å². The van der Waals surface area contributed by atoms with Crippen molar-refractivity contribution in [2.24, 2.45) is 0 Å². The molecule has 1 unspecified atom stereocenters. The lowest BCUT2D eigenvalue weighted by Gasteiger charge is -2.36. The van der Waals surface area contributed by atoms with E-state index in [0.717, 1.165) is 35.4 Å². The Bertz CT molecular complexity index is 868. The van der Waals surface area contributed by atoms with Gasteiger partial charge in [-0.2, -0.15) is 0 Å². The molecule has 0 radical (unpaired) electrons. The van der Waals surface area contributed by atoms with Crippen LogP contribution in [-0.4, -0.2) is 30.6 Å². The van der Waals surface area contributed by atoms with Gasteiger partial charge in [0, 0.05) is 19.0 Å². The van der Waals surface area contributed by atoms with Crippen LogP contribution >= 0.6 is 0 Å². The van der Waals surface area contributed by atoms with Gasteiger partial charge < -0.3 is 14.4 Å². The van der Waals surface area contributed by atoms with Crippen LogP contribution in [0.2, 0.25) is 0 Å². The third-order valence-electron chi connectivity index (χ3n) is 4.97. The van der Waals surface area contributed by atoms with Gasteiger partial charge in [0.1, 0.15) is 11.6 Å². The molecule has 0 aliphatic carbocycles. The summed E-state index contributed by atoms with van der Waals surface area (Å²) in [6.45, 7) is 3.57. The van der Waals surface area contributed by atoms with Gasteiger partial charge in [-0.15, -0.1) is 0 Å². The van der Waals surface area contributed by atoms with Gasteiger partial charge in [-0.05, 0) is 48.7 Å². The van der Waals surface area contributed by atoms with Crippen LogP contribution in [0.3, 0.4) is 0 Å². The smallest absolute Gasteiger partial charge is 0.257 e. The summed E-state index contributed by atoms with van der Waals surface area (Å²) in [5.74, 6) is -0.566. The Kier molecular flexibility index (Phi) is 4.26. The number of carbonyl (C=O) groups is 1. The average molecular weight is 359 g/mol. The van der Waals surface area contributed by atoms with Gasteiger partial charge in [-0.3, -0.25) is 4.79 Å². The number of hydrogen-bond acceptors (Lipinski definition) is 3. The Morgan fingerprint density at radius 3 is 2.58 bits per heavy atom. The number of benzene rings is 2. The van der Waals surface area contributed by atoms with E-state index in [0.29, 0.717) is 31.9 Å². The zero-order valence-electron chi connectivity index (χ0n) is 14.4. The fourth-order valence-corrected chi connectivity index (χ4v) is 3.57. The Balaban J connectivity index is 1.66. The molecule has 0 bridgehead atoms. The van der Waals surface area contributed by atoms with E-state index in [2.05, 4.69) is 0 Å². The molecule has 1 atom stereocenters. The number of hydrogen-bond donors (Lipinski definition) is 0. The highest BCUT2D eigenvalue weighted by Crippen LogP contribution is 2.39. The molecule has 0 saturated carbocycles. The largest absolute Gasteiger partial charge is 0.490 e. The molecule has 0 saturated heterocycles. The summed E-state index contributed by atoms with van der Waals surface area (Å²) in [7, 11) is 0. The van der Waals surface area contributed by atoms with Crippen LogP contribution in [-0.2, 0) is 6.42 Å². The molecule has 4 rings (SSSR count). The lowest BCUT2D eigenvalue weighted by atomic mass is 9.92. The zero-order chi connectivity index (χ0) is 18.3. The maximum atomic E-state index is 14.0. The predicted molar refractivity (Wildman–Crippen MR) is 91.6 cm³/mol. The molecule has 1 amide bonds. The Morgan fingerprint density at radius 2 is 1.85 bits per heavy atom. The fraction of sp³-hybridized carbons (Fsp3) is 0.350. The topological polar surface area (TPSA) is 38.8 Å². The molecule has 6 heteroatoms. The Labute approximate surface area is 150 Å². The van der Waals surface area contributed by atoms with Crippen LogP contribution in [0.4, 0.5) is 8.78 Å². The SMILES string of the molecule is CC1c2cc3c(cc2CCN1C(=O)c1ccc(F)cc1F)OCCCO3. The summed E-state index contributed by atoms with van der Waals surface area (Å²) < 4.78 is 38.6. The van der Waals surface area contributed by atoms with Gasteiger partial charge in [0.25, 0.3) is 5.91 Å². The van der Waals surface area contributed by atoms with Gasteiger partial charge >= 0.3 is 0 Å². The van der Waals surface area contributed by atoms with Crippen LogP contribution in [0.15, 0.2) is 30.3 Å². The number of amides is 1. The van der Waals surface area contributed by atoms with E-state index >= 15 is 0 Å². The second-order valence-corrected chi connectivity index (χ2v) is 6.60. The number of fused-ring (bicyclic) bond motifs is 2. The van der Waals surface area contributed by atoms with Crippen molar-refractivity contribution in [3.05, 3.63) is 58.7 Å². The molecule has 0 N–H and O–H groups in total. The first-order chi connectivity index (χ1) is 12.5. The van der Waals surface area contributed by atoms with E-state index in [1.165, 1.54) is 6.07 Å². The van der Waals surface area contributed by atoms with Gasteiger partial charge in [0.15, 0.2) is 11.5 Å². The quantitative estimate of drug-likeness (QED) is 0.776. The third kappa shape index (κ3) is 2.89. The molecule has 0 spiro atoms. The molecule has 0 fully saturated rings. The van der Waals surface area contributed by atoms with Crippen LogP contribution < -0.4 is 9.47 Å². The number of halogens is 2. The monoisotopic (exact) mass is 359 g/mol. The molecule has 2 aromatic carbocycles. The van der Waals surface area contributed by atoms with Gasteiger partial charge in [-0.1, -0.05) is 0 Å². The molecular formula is C20H19F2NO3. The first kappa shape index (κ1) is 16.8. The van der Waals surface area contributed by atoms with Crippen LogP contribution in [0.1, 0.15) is 40.9 Å². The highest BCUT2D eigenvalue weighted by Gasteiger charge is 2.31. The normalized spacial score (nSPS) is 18.9.